The minimum Gasteiger partial charge on any atom is -0.497 e. The second kappa shape index (κ2) is 11.0. The number of pyridine rings is 1. The van der Waals surface area contributed by atoms with Gasteiger partial charge < -0.3 is 20.4 Å². The third kappa shape index (κ3) is 5.57. The van der Waals surface area contributed by atoms with Crippen molar-refractivity contribution in [2.75, 3.05) is 12.4 Å². The molecule has 0 saturated carbocycles. The van der Waals surface area contributed by atoms with Gasteiger partial charge in [-0.1, -0.05) is 42.5 Å². The smallest absolute Gasteiger partial charge is 0.294 e. The Morgan fingerprint density at radius 3 is 2.55 bits per heavy atom. The summed E-state index contributed by atoms with van der Waals surface area (Å²) in [5.74, 6) is 0.642. The summed E-state index contributed by atoms with van der Waals surface area (Å²) in [6.07, 6.45) is 3.42. The lowest BCUT2D eigenvalue weighted by Gasteiger charge is -2.15. The predicted octanol–water partition coefficient (Wildman–Crippen LogP) is 4.03. The highest BCUT2D eigenvalue weighted by molar-refractivity contribution is 5.80. The highest BCUT2D eigenvalue weighted by Crippen LogP contribution is 2.19. The fourth-order valence-corrected chi connectivity index (χ4v) is 4.21. The molecule has 3 heterocycles. The first-order valence-corrected chi connectivity index (χ1v) is 12.2. The lowest BCUT2D eigenvalue weighted by atomic mass is 10.1. The molecule has 0 fully saturated rings. The number of benzene rings is 2. The molecular formula is C29H28N6O3. The molecule has 0 radical (unpaired) electrons. The van der Waals surface area contributed by atoms with E-state index < -0.39 is 0 Å². The summed E-state index contributed by atoms with van der Waals surface area (Å²) in [6, 6.07) is 20.9. The number of rotatable bonds is 9. The number of methoxy groups -OCH3 is 1. The van der Waals surface area contributed by atoms with Crippen LogP contribution >= 0.6 is 0 Å². The largest absolute Gasteiger partial charge is 0.497 e. The number of aryl methyl sites for hydroxylation is 1. The number of aromatic amines is 1. The molecule has 3 aromatic heterocycles. The molecule has 9 heteroatoms. The number of amides is 1. The zero-order valence-electron chi connectivity index (χ0n) is 21.2. The lowest BCUT2D eigenvalue weighted by Crippen LogP contribution is -2.34. The Morgan fingerprint density at radius 1 is 1.00 bits per heavy atom. The van der Waals surface area contributed by atoms with Crippen molar-refractivity contribution in [3.05, 3.63) is 106 Å². The Labute approximate surface area is 219 Å². The highest BCUT2D eigenvalue weighted by atomic mass is 16.5. The summed E-state index contributed by atoms with van der Waals surface area (Å²) in [5.41, 5.74) is 4.68. The Kier molecular flexibility index (Phi) is 7.17. The van der Waals surface area contributed by atoms with E-state index in [1.807, 2.05) is 73.7 Å². The van der Waals surface area contributed by atoms with Gasteiger partial charge in [-0.2, -0.15) is 0 Å². The van der Waals surface area contributed by atoms with E-state index in [1.165, 1.54) is 4.57 Å². The predicted molar refractivity (Wildman–Crippen MR) is 147 cm³/mol. The van der Waals surface area contributed by atoms with E-state index in [4.69, 9.17) is 4.74 Å². The van der Waals surface area contributed by atoms with Crippen molar-refractivity contribution in [1.82, 2.24) is 24.8 Å². The molecule has 0 aliphatic heterocycles. The molecular weight excluding hydrogens is 480 g/mol. The molecule has 9 nitrogen and oxygen atoms in total. The van der Waals surface area contributed by atoms with Gasteiger partial charge in [-0.3, -0.25) is 19.1 Å². The van der Waals surface area contributed by atoms with Gasteiger partial charge in [0.25, 0.3) is 5.56 Å². The molecule has 5 aromatic rings. The van der Waals surface area contributed by atoms with Crippen LogP contribution < -0.4 is 20.9 Å². The minimum atomic E-state index is -0.373. The SMILES string of the molecule is COc1ccc(CNc2ncc(-c3ccccc3)n(CC(=O)NCc3cc4cnc(C)cc4[nH]3)c2=O)cc1. The Morgan fingerprint density at radius 2 is 1.79 bits per heavy atom. The molecule has 0 atom stereocenters. The fraction of sp³-hybridized carbons (Fsp3) is 0.172. The van der Waals surface area contributed by atoms with Crippen molar-refractivity contribution >= 4 is 22.6 Å². The van der Waals surface area contributed by atoms with Crippen molar-refractivity contribution in [3.63, 3.8) is 0 Å². The number of hydrogen-bond acceptors (Lipinski definition) is 6. The van der Waals surface area contributed by atoms with Crippen LogP contribution in [0.15, 0.2) is 83.9 Å². The van der Waals surface area contributed by atoms with Crippen LogP contribution in [0, 0.1) is 6.92 Å². The van der Waals surface area contributed by atoms with Crippen molar-refractivity contribution < 1.29 is 9.53 Å². The van der Waals surface area contributed by atoms with Gasteiger partial charge >= 0.3 is 0 Å². The number of hydrogen-bond donors (Lipinski definition) is 3. The van der Waals surface area contributed by atoms with Crippen molar-refractivity contribution in [2.45, 2.75) is 26.6 Å². The third-order valence-electron chi connectivity index (χ3n) is 6.22. The number of carbonyl (C=O) groups excluding carboxylic acids is 1. The number of nitrogens with zero attached hydrogens (tertiary/aromatic N) is 3. The van der Waals surface area contributed by atoms with E-state index in [9.17, 15) is 9.59 Å². The second-order valence-corrected chi connectivity index (χ2v) is 8.94. The summed E-state index contributed by atoms with van der Waals surface area (Å²) in [7, 11) is 1.61. The lowest BCUT2D eigenvalue weighted by molar-refractivity contribution is -0.121. The molecule has 0 unspecified atom stereocenters. The first kappa shape index (κ1) is 24.8. The van der Waals surface area contributed by atoms with Crippen LogP contribution in [0.1, 0.15) is 17.0 Å². The average Bonchev–Trinajstić information content (AvgIpc) is 3.35. The van der Waals surface area contributed by atoms with Gasteiger partial charge in [0.15, 0.2) is 5.82 Å². The van der Waals surface area contributed by atoms with Crippen LogP contribution in [0.4, 0.5) is 5.82 Å². The molecule has 3 N–H and O–H groups in total. The van der Waals surface area contributed by atoms with Crippen LogP contribution in [0.5, 0.6) is 5.75 Å². The van der Waals surface area contributed by atoms with Gasteiger partial charge in [-0.15, -0.1) is 0 Å². The summed E-state index contributed by atoms with van der Waals surface area (Å²) >= 11 is 0. The summed E-state index contributed by atoms with van der Waals surface area (Å²) in [6.45, 7) is 2.48. The number of fused-ring (bicyclic) bond motifs is 1. The molecule has 1 amide bonds. The van der Waals surface area contributed by atoms with Gasteiger partial charge in [0.1, 0.15) is 12.3 Å². The van der Waals surface area contributed by atoms with Gasteiger partial charge in [0.05, 0.1) is 25.5 Å². The maximum absolute atomic E-state index is 13.5. The Balaban J connectivity index is 1.35. The summed E-state index contributed by atoms with van der Waals surface area (Å²) in [4.78, 5) is 38.5. The van der Waals surface area contributed by atoms with Gasteiger partial charge in [-0.05, 0) is 42.3 Å². The van der Waals surface area contributed by atoms with Crippen molar-refractivity contribution in [1.29, 1.82) is 0 Å². The standard InChI is InChI=1S/C29H28N6O3/c1-19-12-25-22(15-30-19)13-23(34-25)16-31-27(36)18-35-26(21-6-4-3-5-7-21)17-33-28(29(35)37)32-14-20-8-10-24(38-2)11-9-20/h3-13,15,17,34H,14,16,18H2,1-2H3,(H,31,36)(H,32,33). The van der Waals surface area contributed by atoms with E-state index >= 15 is 0 Å². The minimum absolute atomic E-state index is 0.149. The average molecular weight is 509 g/mol. The van der Waals surface area contributed by atoms with E-state index in [0.29, 0.717) is 18.8 Å². The highest BCUT2D eigenvalue weighted by Gasteiger charge is 2.15. The van der Waals surface area contributed by atoms with Gasteiger partial charge in [0.2, 0.25) is 5.91 Å². The van der Waals surface area contributed by atoms with Crippen LogP contribution in [0.2, 0.25) is 0 Å². The zero-order chi connectivity index (χ0) is 26.5. The van der Waals surface area contributed by atoms with Gasteiger partial charge in [-0.25, -0.2) is 4.98 Å². The Bertz CT molecular complexity index is 1620. The van der Waals surface area contributed by atoms with E-state index in [0.717, 1.165) is 39.2 Å². The second-order valence-electron chi connectivity index (χ2n) is 8.94. The number of carbonyl (C=O) groups is 1. The molecule has 0 saturated heterocycles. The maximum Gasteiger partial charge on any atom is 0.294 e. The van der Waals surface area contributed by atoms with Crippen LogP contribution in [0.3, 0.4) is 0 Å². The molecule has 0 aliphatic rings. The quantitative estimate of drug-likeness (QED) is 0.277. The van der Waals surface area contributed by atoms with Crippen LogP contribution in [0.25, 0.3) is 22.2 Å². The van der Waals surface area contributed by atoms with Crippen LogP contribution in [-0.4, -0.2) is 32.5 Å². The van der Waals surface area contributed by atoms with Crippen molar-refractivity contribution in [3.8, 4) is 17.0 Å². The van der Waals surface area contributed by atoms with E-state index in [1.54, 1.807) is 19.5 Å². The summed E-state index contributed by atoms with van der Waals surface area (Å²) in [5, 5.41) is 7.00. The molecule has 0 bridgehead atoms. The maximum atomic E-state index is 13.5. The van der Waals surface area contributed by atoms with E-state index in [-0.39, 0.29) is 23.8 Å². The molecule has 2 aromatic carbocycles. The van der Waals surface area contributed by atoms with Gasteiger partial charge in [0, 0.05) is 35.0 Å². The topological polar surface area (TPSA) is 114 Å². The monoisotopic (exact) mass is 508 g/mol. The molecule has 0 spiro atoms. The number of nitrogens with one attached hydrogen (secondary N) is 3. The number of anilines is 1. The molecule has 192 valence electrons. The molecule has 38 heavy (non-hydrogen) atoms. The first-order chi connectivity index (χ1) is 18.5. The number of H-pyrrole nitrogens is 1. The zero-order valence-corrected chi connectivity index (χ0v) is 21.2. The number of aromatic nitrogens is 4. The first-order valence-electron chi connectivity index (χ1n) is 12.2. The Hall–Kier alpha value is -4.92. The van der Waals surface area contributed by atoms with E-state index in [2.05, 4.69) is 25.6 Å². The van der Waals surface area contributed by atoms with Crippen molar-refractivity contribution in [2.24, 2.45) is 0 Å². The molecule has 0 aliphatic carbocycles. The summed E-state index contributed by atoms with van der Waals surface area (Å²) < 4.78 is 6.65. The number of ether oxygens (including phenoxy) is 1. The fourth-order valence-electron chi connectivity index (χ4n) is 4.21. The molecule has 5 rings (SSSR count). The van der Waals surface area contributed by atoms with Crippen LogP contribution in [-0.2, 0) is 24.4 Å². The third-order valence-corrected chi connectivity index (χ3v) is 6.22. The normalized spacial score (nSPS) is 10.9.